The maximum atomic E-state index is 12.9. The topological polar surface area (TPSA) is 122 Å². The Labute approximate surface area is 196 Å². The molecule has 2 aromatic rings. The Balaban J connectivity index is 1.38. The standard InChI is InChI=1S/C21H22F3N5O4S/c22-21(23,24)12-4-5-14(15(10-12)29(32)33)28-8-6-27(7-9-28)11-17(30)26-20-18(19(25)31)13-2-1-3-16(13)34-20/h4-5,10H,1-3,6-9,11H2,(H2,25,31)(H,26,30). The van der Waals surface area contributed by atoms with Crippen LogP contribution in [0.4, 0.5) is 29.5 Å². The zero-order chi connectivity index (χ0) is 24.6. The van der Waals surface area contributed by atoms with Crippen molar-refractivity contribution < 1.29 is 27.7 Å². The predicted octanol–water partition coefficient (Wildman–Crippen LogP) is 3.02. The van der Waals surface area contributed by atoms with Crippen LogP contribution in [0.5, 0.6) is 0 Å². The minimum Gasteiger partial charge on any atom is -0.365 e. The molecule has 2 aliphatic rings. The molecular formula is C21H22F3N5O4S. The van der Waals surface area contributed by atoms with Crippen molar-refractivity contribution in [2.24, 2.45) is 5.73 Å². The lowest BCUT2D eigenvalue weighted by atomic mass is 10.1. The molecule has 13 heteroatoms. The number of alkyl halides is 3. The minimum absolute atomic E-state index is 0.0454. The van der Waals surface area contributed by atoms with Crippen LogP contribution in [0.15, 0.2) is 18.2 Å². The number of thiophene rings is 1. The number of piperazine rings is 1. The van der Waals surface area contributed by atoms with E-state index in [9.17, 15) is 32.9 Å². The molecule has 0 spiro atoms. The van der Waals surface area contributed by atoms with Gasteiger partial charge < -0.3 is 16.0 Å². The summed E-state index contributed by atoms with van der Waals surface area (Å²) in [4.78, 5) is 39.6. The van der Waals surface area contributed by atoms with Crippen molar-refractivity contribution >= 4 is 39.5 Å². The van der Waals surface area contributed by atoms with Gasteiger partial charge in [0, 0.05) is 37.1 Å². The molecular weight excluding hydrogens is 475 g/mol. The number of rotatable bonds is 6. The molecule has 1 saturated heterocycles. The number of hydrogen-bond acceptors (Lipinski definition) is 7. The number of carbonyl (C=O) groups is 2. The minimum atomic E-state index is -4.67. The average molecular weight is 497 g/mol. The van der Waals surface area contributed by atoms with E-state index >= 15 is 0 Å². The van der Waals surface area contributed by atoms with Gasteiger partial charge in [0.1, 0.15) is 10.7 Å². The summed E-state index contributed by atoms with van der Waals surface area (Å²) in [5.74, 6) is -0.877. The van der Waals surface area contributed by atoms with E-state index in [1.165, 1.54) is 11.3 Å². The normalized spacial score (nSPS) is 16.4. The van der Waals surface area contributed by atoms with Crippen LogP contribution in [0.3, 0.4) is 0 Å². The first kappa shape index (κ1) is 24.0. The molecule has 1 aromatic carbocycles. The van der Waals surface area contributed by atoms with Crippen LogP contribution in [-0.2, 0) is 23.8 Å². The van der Waals surface area contributed by atoms with Crippen molar-refractivity contribution in [2.75, 3.05) is 42.9 Å². The summed E-state index contributed by atoms with van der Waals surface area (Å²) in [7, 11) is 0. The maximum Gasteiger partial charge on any atom is 0.416 e. The van der Waals surface area contributed by atoms with Crippen molar-refractivity contribution in [3.05, 3.63) is 49.9 Å². The van der Waals surface area contributed by atoms with Crippen LogP contribution in [-0.4, -0.2) is 54.4 Å². The lowest BCUT2D eigenvalue weighted by Crippen LogP contribution is -2.48. The van der Waals surface area contributed by atoms with Crippen molar-refractivity contribution in [1.29, 1.82) is 0 Å². The van der Waals surface area contributed by atoms with Gasteiger partial charge in [-0.2, -0.15) is 13.2 Å². The highest BCUT2D eigenvalue weighted by atomic mass is 32.1. The molecule has 0 saturated carbocycles. The molecule has 4 rings (SSSR count). The molecule has 9 nitrogen and oxygen atoms in total. The van der Waals surface area contributed by atoms with Crippen LogP contribution in [0.1, 0.15) is 32.8 Å². The average Bonchev–Trinajstić information content (AvgIpc) is 3.33. The smallest absolute Gasteiger partial charge is 0.365 e. The number of aryl methyl sites for hydroxylation is 1. The number of carbonyl (C=O) groups excluding carboxylic acids is 2. The van der Waals surface area contributed by atoms with Crippen molar-refractivity contribution in [3.63, 3.8) is 0 Å². The second-order valence-electron chi connectivity index (χ2n) is 8.20. The van der Waals surface area contributed by atoms with E-state index in [0.29, 0.717) is 42.8 Å². The lowest BCUT2D eigenvalue weighted by Gasteiger charge is -2.35. The largest absolute Gasteiger partial charge is 0.416 e. The Kier molecular flexibility index (Phi) is 6.49. The number of halogens is 3. The zero-order valence-electron chi connectivity index (χ0n) is 18.0. The Morgan fingerprint density at radius 1 is 1.18 bits per heavy atom. The van der Waals surface area contributed by atoms with Gasteiger partial charge in [-0.15, -0.1) is 11.3 Å². The molecule has 1 aliphatic carbocycles. The zero-order valence-corrected chi connectivity index (χ0v) is 18.8. The third-order valence-corrected chi connectivity index (χ3v) is 7.21. The van der Waals surface area contributed by atoms with Gasteiger partial charge in [0.25, 0.3) is 11.6 Å². The highest BCUT2D eigenvalue weighted by molar-refractivity contribution is 7.17. The monoisotopic (exact) mass is 497 g/mol. The van der Waals surface area contributed by atoms with E-state index in [0.717, 1.165) is 41.8 Å². The van der Waals surface area contributed by atoms with Gasteiger partial charge in [-0.05, 0) is 37.0 Å². The molecule has 0 radical (unpaired) electrons. The number of primary amides is 1. The Morgan fingerprint density at radius 3 is 2.50 bits per heavy atom. The van der Waals surface area contributed by atoms with E-state index in [1.807, 2.05) is 4.90 Å². The van der Waals surface area contributed by atoms with E-state index < -0.39 is 28.3 Å². The summed E-state index contributed by atoms with van der Waals surface area (Å²) < 4.78 is 38.8. The summed E-state index contributed by atoms with van der Waals surface area (Å²) >= 11 is 1.37. The van der Waals surface area contributed by atoms with E-state index in [4.69, 9.17) is 5.73 Å². The molecule has 1 fully saturated rings. The van der Waals surface area contributed by atoms with Gasteiger partial charge in [-0.1, -0.05) is 0 Å². The molecule has 1 aliphatic heterocycles. The number of hydrogen-bond donors (Lipinski definition) is 2. The van der Waals surface area contributed by atoms with Crippen molar-refractivity contribution in [2.45, 2.75) is 25.4 Å². The molecule has 1 aromatic heterocycles. The van der Waals surface area contributed by atoms with Gasteiger partial charge in [0.2, 0.25) is 5.91 Å². The first-order valence-electron chi connectivity index (χ1n) is 10.6. The van der Waals surface area contributed by atoms with E-state index in [-0.39, 0.29) is 18.1 Å². The van der Waals surface area contributed by atoms with Crippen LogP contribution in [0.25, 0.3) is 0 Å². The maximum absolute atomic E-state index is 12.9. The molecule has 2 amide bonds. The number of benzene rings is 1. The summed E-state index contributed by atoms with van der Waals surface area (Å²) in [6.07, 6.45) is -2.10. The quantitative estimate of drug-likeness (QED) is 0.467. The van der Waals surface area contributed by atoms with Crippen LogP contribution in [0.2, 0.25) is 0 Å². The fraction of sp³-hybridized carbons (Fsp3) is 0.429. The fourth-order valence-corrected chi connectivity index (χ4v) is 5.69. The van der Waals surface area contributed by atoms with Crippen LogP contribution in [0, 0.1) is 10.1 Å². The van der Waals surface area contributed by atoms with Crippen molar-refractivity contribution in [1.82, 2.24) is 4.90 Å². The number of nitrogens with zero attached hydrogens (tertiary/aromatic N) is 3. The highest BCUT2D eigenvalue weighted by Gasteiger charge is 2.34. The molecule has 182 valence electrons. The number of nitrogens with two attached hydrogens (primary N) is 1. The predicted molar refractivity (Wildman–Crippen MR) is 120 cm³/mol. The number of amides is 2. The van der Waals surface area contributed by atoms with Gasteiger partial charge in [0.15, 0.2) is 0 Å². The summed E-state index contributed by atoms with van der Waals surface area (Å²) in [6.45, 7) is 1.42. The summed E-state index contributed by atoms with van der Waals surface area (Å²) in [5.41, 5.74) is 5.25. The van der Waals surface area contributed by atoms with Crippen LogP contribution < -0.4 is 16.0 Å². The Bertz CT molecular complexity index is 1140. The first-order valence-corrected chi connectivity index (χ1v) is 11.4. The second-order valence-corrected chi connectivity index (χ2v) is 9.30. The van der Waals surface area contributed by atoms with E-state index in [1.54, 1.807) is 4.90 Å². The molecule has 34 heavy (non-hydrogen) atoms. The first-order chi connectivity index (χ1) is 16.0. The summed E-state index contributed by atoms with van der Waals surface area (Å²) in [6, 6.07) is 2.49. The Hall–Kier alpha value is -3.19. The number of nitrogens with one attached hydrogen (secondary N) is 1. The molecule has 3 N–H and O–H groups in total. The van der Waals surface area contributed by atoms with Gasteiger partial charge >= 0.3 is 6.18 Å². The fourth-order valence-electron chi connectivity index (χ4n) is 4.38. The second kappa shape index (κ2) is 9.22. The number of anilines is 2. The third-order valence-electron chi connectivity index (χ3n) is 6.00. The molecule has 0 bridgehead atoms. The van der Waals surface area contributed by atoms with Gasteiger partial charge in [-0.25, -0.2) is 0 Å². The third kappa shape index (κ3) is 4.85. The Morgan fingerprint density at radius 2 is 1.88 bits per heavy atom. The van der Waals surface area contributed by atoms with Gasteiger partial charge in [-0.3, -0.25) is 24.6 Å². The molecule has 0 atom stereocenters. The summed E-state index contributed by atoms with van der Waals surface area (Å²) in [5, 5.41) is 14.6. The molecule has 2 heterocycles. The SMILES string of the molecule is NC(=O)c1c(NC(=O)CN2CCN(c3ccc(C(F)(F)F)cc3[N+](=O)[O-])CC2)sc2c1CCC2. The van der Waals surface area contributed by atoms with Gasteiger partial charge in [0.05, 0.1) is 22.6 Å². The number of fused-ring (bicyclic) bond motifs is 1. The van der Waals surface area contributed by atoms with Crippen molar-refractivity contribution in [3.8, 4) is 0 Å². The number of nitro benzene ring substituents is 1. The van der Waals surface area contributed by atoms with E-state index in [2.05, 4.69) is 5.32 Å². The highest BCUT2D eigenvalue weighted by Crippen LogP contribution is 2.39. The lowest BCUT2D eigenvalue weighted by molar-refractivity contribution is -0.384. The number of nitro groups is 1. The molecule has 0 unspecified atom stereocenters. The van der Waals surface area contributed by atoms with Crippen LogP contribution >= 0.6 is 11.3 Å².